The van der Waals surface area contributed by atoms with Gasteiger partial charge in [0.05, 0.1) is 19.6 Å². The number of ether oxygens (including phenoxy) is 1. The van der Waals surface area contributed by atoms with Crippen LogP contribution in [0.2, 0.25) is 0 Å². The van der Waals surface area contributed by atoms with Gasteiger partial charge in [-0.15, -0.1) is 0 Å². The first-order chi connectivity index (χ1) is 6.83. The monoisotopic (exact) mass is 194 g/mol. The molecular weight excluding hydrogens is 180 g/mol. The lowest BCUT2D eigenvalue weighted by Gasteiger charge is -2.03. The lowest BCUT2D eigenvalue weighted by atomic mass is 10.2. The predicted octanol–water partition coefficient (Wildman–Crippen LogP) is 0.583. The average molecular weight is 194 g/mol. The minimum atomic E-state index is -0.210. The largest absolute Gasteiger partial charge is 0.376 e. The van der Waals surface area contributed by atoms with Crippen molar-refractivity contribution in [2.24, 2.45) is 5.84 Å². The standard InChI is InChI=1S/C10H14N2O2/c11-12-10(13)6-7-14-8-9-4-2-1-3-5-9/h1-5H,6-8,11H2,(H,12,13). The van der Waals surface area contributed by atoms with Crippen LogP contribution in [0.1, 0.15) is 12.0 Å². The predicted molar refractivity (Wildman–Crippen MR) is 53.0 cm³/mol. The van der Waals surface area contributed by atoms with Gasteiger partial charge in [0.25, 0.3) is 0 Å². The number of nitrogens with two attached hydrogens (primary N) is 1. The highest BCUT2D eigenvalue weighted by atomic mass is 16.5. The third kappa shape index (κ3) is 4.02. The van der Waals surface area contributed by atoms with Crippen molar-refractivity contribution in [3.8, 4) is 0 Å². The fourth-order valence-electron chi connectivity index (χ4n) is 1.00. The zero-order valence-corrected chi connectivity index (χ0v) is 7.90. The van der Waals surface area contributed by atoms with Gasteiger partial charge in [0.15, 0.2) is 0 Å². The number of carbonyl (C=O) groups is 1. The van der Waals surface area contributed by atoms with E-state index in [0.717, 1.165) is 5.56 Å². The number of rotatable bonds is 5. The summed E-state index contributed by atoms with van der Waals surface area (Å²) in [7, 11) is 0. The van der Waals surface area contributed by atoms with Crippen LogP contribution in [0.25, 0.3) is 0 Å². The number of hydrazine groups is 1. The fraction of sp³-hybridized carbons (Fsp3) is 0.300. The average Bonchev–Trinajstić information content (AvgIpc) is 2.25. The molecule has 0 aliphatic heterocycles. The van der Waals surface area contributed by atoms with Crippen molar-refractivity contribution in [3.63, 3.8) is 0 Å². The molecule has 0 saturated heterocycles. The van der Waals surface area contributed by atoms with Gasteiger partial charge >= 0.3 is 0 Å². The van der Waals surface area contributed by atoms with Gasteiger partial charge in [-0.1, -0.05) is 30.3 Å². The van der Waals surface area contributed by atoms with Crippen LogP contribution in [0, 0.1) is 0 Å². The molecule has 0 fully saturated rings. The summed E-state index contributed by atoms with van der Waals surface area (Å²) in [5.74, 6) is 4.70. The van der Waals surface area contributed by atoms with Crippen LogP contribution >= 0.6 is 0 Å². The molecule has 76 valence electrons. The van der Waals surface area contributed by atoms with Gasteiger partial charge < -0.3 is 4.74 Å². The van der Waals surface area contributed by atoms with Crippen molar-refractivity contribution in [2.45, 2.75) is 13.0 Å². The van der Waals surface area contributed by atoms with Gasteiger partial charge in [-0.25, -0.2) is 5.84 Å². The Morgan fingerprint density at radius 2 is 2.07 bits per heavy atom. The maximum Gasteiger partial charge on any atom is 0.236 e. The molecule has 0 bridgehead atoms. The van der Waals surface area contributed by atoms with Crippen molar-refractivity contribution < 1.29 is 9.53 Å². The molecule has 0 saturated carbocycles. The topological polar surface area (TPSA) is 64.3 Å². The normalized spacial score (nSPS) is 9.79. The lowest BCUT2D eigenvalue weighted by molar-refractivity contribution is -0.122. The number of hydrogen-bond donors (Lipinski definition) is 2. The summed E-state index contributed by atoms with van der Waals surface area (Å²) in [6.07, 6.45) is 0.295. The molecule has 1 amide bonds. The van der Waals surface area contributed by atoms with Crippen LogP contribution in [0.3, 0.4) is 0 Å². The third-order valence-electron chi connectivity index (χ3n) is 1.75. The van der Waals surface area contributed by atoms with E-state index >= 15 is 0 Å². The van der Waals surface area contributed by atoms with Gasteiger partial charge in [-0.05, 0) is 5.56 Å². The van der Waals surface area contributed by atoms with E-state index in [0.29, 0.717) is 19.6 Å². The summed E-state index contributed by atoms with van der Waals surface area (Å²) in [6, 6.07) is 9.80. The highest BCUT2D eigenvalue weighted by Crippen LogP contribution is 2.00. The van der Waals surface area contributed by atoms with Gasteiger partial charge in [-0.3, -0.25) is 10.2 Å². The van der Waals surface area contributed by atoms with Crippen molar-refractivity contribution >= 4 is 5.91 Å². The Morgan fingerprint density at radius 3 is 2.71 bits per heavy atom. The first-order valence-corrected chi connectivity index (χ1v) is 4.44. The second-order valence-electron chi connectivity index (χ2n) is 2.86. The first kappa shape index (κ1) is 10.7. The van der Waals surface area contributed by atoms with E-state index in [2.05, 4.69) is 0 Å². The second-order valence-corrected chi connectivity index (χ2v) is 2.86. The lowest BCUT2D eigenvalue weighted by Crippen LogP contribution is -2.30. The molecule has 0 heterocycles. The third-order valence-corrected chi connectivity index (χ3v) is 1.75. The molecule has 1 rings (SSSR count). The molecule has 0 aromatic heterocycles. The quantitative estimate of drug-likeness (QED) is 0.312. The fourth-order valence-corrected chi connectivity index (χ4v) is 1.00. The van der Waals surface area contributed by atoms with E-state index in [-0.39, 0.29) is 5.91 Å². The molecule has 0 spiro atoms. The van der Waals surface area contributed by atoms with Crippen molar-refractivity contribution in [1.82, 2.24) is 5.43 Å². The van der Waals surface area contributed by atoms with Crippen LogP contribution in [-0.4, -0.2) is 12.5 Å². The Kier molecular flexibility index (Phi) is 4.68. The summed E-state index contributed by atoms with van der Waals surface area (Å²) in [5, 5.41) is 0. The van der Waals surface area contributed by atoms with E-state index in [1.54, 1.807) is 0 Å². The van der Waals surface area contributed by atoms with Gasteiger partial charge in [-0.2, -0.15) is 0 Å². The van der Waals surface area contributed by atoms with Gasteiger partial charge in [0, 0.05) is 0 Å². The number of carbonyl (C=O) groups excluding carboxylic acids is 1. The molecule has 0 atom stereocenters. The number of hydrogen-bond acceptors (Lipinski definition) is 3. The van der Waals surface area contributed by atoms with Gasteiger partial charge in [0.2, 0.25) is 5.91 Å². The highest BCUT2D eigenvalue weighted by Gasteiger charge is 1.97. The molecule has 1 aromatic rings. The summed E-state index contributed by atoms with van der Waals surface area (Å²) in [5.41, 5.74) is 3.14. The molecule has 14 heavy (non-hydrogen) atoms. The molecule has 4 nitrogen and oxygen atoms in total. The van der Waals surface area contributed by atoms with Crippen molar-refractivity contribution in [1.29, 1.82) is 0 Å². The molecule has 1 aromatic carbocycles. The Balaban J connectivity index is 2.13. The van der Waals surface area contributed by atoms with Crippen molar-refractivity contribution in [3.05, 3.63) is 35.9 Å². The molecule has 0 aliphatic rings. The molecule has 0 aliphatic carbocycles. The van der Waals surface area contributed by atoms with Crippen LogP contribution in [-0.2, 0) is 16.1 Å². The molecule has 4 heteroatoms. The summed E-state index contributed by atoms with van der Waals surface area (Å²) >= 11 is 0. The Bertz CT molecular complexity index is 275. The first-order valence-electron chi connectivity index (χ1n) is 4.44. The van der Waals surface area contributed by atoms with E-state index in [1.165, 1.54) is 0 Å². The Hall–Kier alpha value is -1.39. The van der Waals surface area contributed by atoms with Crippen LogP contribution in [0.15, 0.2) is 30.3 Å². The molecule has 0 radical (unpaired) electrons. The minimum absolute atomic E-state index is 0.210. The van der Waals surface area contributed by atoms with E-state index in [4.69, 9.17) is 10.6 Å². The highest BCUT2D eigenvalue weighted by molar-refractivity contribution is 5.75. The summed E-state index contributed by atoms with van der Waals surface area (Å²) in [6.45, 7) is 0.913. The van der Waals surface area contributed by atoms with Crippen LogP contribution < -0.4 is 11.3 Å². The van der Waals surface area contributed by atoms with Crippen molar-refractivity contribution in [2.75, 3.05) is 6.61 Å². The van der Waals surface area contributed by atoms with Gasteiger partial charge in [0.1, 0.15) is 0 Å². The molecule has 0 unspecified atom stereocenters. The second kappa shape index (κ2) is 6.12. The van der Waals surface area contributed by atoms with Crippen LogP contribution in [0.5, 0.6) is 0 Å². The molecule has 3 N–H and O–H groups in total. The zero-order chi connectivity index (χ0) is 10.2. The number of amides is 1. The SMILES string of the molecule is NNC(=O)CCOCc1ccccc1. The number of nitrogens with one attached hydrogen (secondary N) is 1. The Morgan fingerprint density at radius 1 is 1.36 bits per heavy atom. The van der Waals surface area contributed by atoms with E-state index in [9.17, 15) is 4.79 Å². The summed E-state index contributed by atoms with van der Waals surface area (Å²) < 4.78 is 5.28. The maximum absolute atomic E-state index is 10.7. The smallest absolute Gasteiger partial charge is 0.236 e. The number of benzene rings is 1. The zero-order valence-electron chi connectivity index (χ0n) is 7.90. The maximum atomic E-state index is 10.7. The van der Waals surface area contributed by atoms with Crippen LogP contribution in [0.4, 0.5) is 0 Å². The molecular formula is C10H14N2O2. The van der Waals surface area contributed by atoms with E-state index in [1.807, 2.05) is 35.8 Å². The minimum Gasteiger partial charge on any atom is -0.376 e. The van der Waals surface area contributed by atoms with E-state index < -0.39 is 0 Å². The summed E-state index contributed by atoms with van der Waals surface area (Å²) in [4.78, 5) is 10.7. The Labute approximate surface area is 83.0 Å².